The molecule has 4 nitrogen and oxygen atoms in total. The first-order valence-corrected chi connectivity index (χ1v) is 5.46. The molecule has 2 rings (SSSR count). The van der Waals surface area contributed by atoms with Crippen molar-refractivity contribution >= 4 is 11.6 Å². The summed E-state index contributed by atoms with van der Waals surface area (Å²) >= 11 is 0. The Morgan fingerprint density at radius 2 is 2.31 bits per heavy atom. The Labute approximate surface area is 94.9 Å². The fraction of sp³-hybridized carbons (Fsp3) is 0.417. The second-order valence-corrected chi connectivity index (χ2v) is 4.13. The van der Waals surface area contributed by atoms with Crippen LogP contribution in [0.1, 0.15) is 12.8 Å². The Balaban J connectivity index is 1.94. The van der Waals surface area contributed by atoms with Gasteiger partial charge in [-0.1, -0.05) is 6.07 Å². The number of aromatic hydroxyl groups is 1. The van der Waals surface area contributed by atoms with Crippen molar-refractivity contribution in [1.82, 2.24) is 5.32 Å². The number of hydrogen-bond acceptors (Lipinski definition) is 3. The fourth-order valence-electron chi connectivity index (χ4n) is 1.48. The topological polar surface area (TPSA) is 52.6 Å². The fourth-order valence-corrected chi connectivity index (χ4v) is 1.48. The molecule has 1 saturated carbocycles. The summed E-state index contributed by atoms with van der Waals surface area (Å²) in [7, 11) is 1.71. The summed E-state index contributed by atoms with van der Waals surface area (Å²) in [6, 6.07) is 7.22. The molecule has 2 N–H and O–H groups in total. The van der Waals surface area contributed by atoms with Gasteiger partial charge in [0.2, 0.25) is 5.91 Å². The van der Waals surface area contributed by atoms with Gasteiger partial charge in [-0.05, 0) is 25.0 Å². The van der Waals surface area contributed by atoms with Gasteiger partial charge in [-0.15, -0.1) is 0 Å². The summed E-state index contributed by atoms with van der Waals surface area (Å²) in [5.74, 6) is 0.185. The highest BCUT2D eigenvalue weighted by Gasteiger charge is 2.22. The first-order chi connectivity index (χ1) is 7.66. The molecule has 16 heavy (non-hydrogen) atoms. The van der Waals surface area contributed by atoms with Crippen LogP contribution in [-0.4, -0.2) is 30.6 Å². The largest absolute Gasteiger partial charge is 0.508 e. The molecule has 0 saturated heterocycles. The van der Waals surface area contributed by atoms with E-state index in [9.17, 15) is 9.90 Å². The maximum Gasteiger partial charge on any atom is 0.240 e. The van der Waals surface area contributed by atoms with Crippen LogP contribution in [0.4, 0.5) is 5.69 Å². The van der Waals surface area contributed by atoms with Crippen LogP contribution in [0.15, 0.2) is 24.3 Å². The molecule has 1 aromatic rings. The number of benzene rings is 1. The maximum absolute atomic E-state index is 11.8. The molecule has 4 heteroatoms. The van der Waals surface area contributed by atoms with Crippen LogP contribution < -0.4 is 10.2 Å². The zero-order valence-corrected chi connectivity index (χ0v) is 9.31. The van der Waals surface area contributed by atoms with Gasteiger partial charge in [0.15, 0.2) is 0 Å². The third-order valence-electron chi connectivity index (χ3n) is 2.71. The molecule has 1 aliphatic rings. The number of amides is 1. The zero-order valence-electron chi connectivity index (χ0n) is 9.31. The second-order valence-electron chi connectivity index (χ2n) is 4.13. The summed E-state index contributed by atoms with van der Waals surface area (Å²) in [4.78, 5) is 13.3. The molecule has 0 aromatic heterocycles. The number of nitrogens with zero attached hydrogens (tertiary/aromatic N) is 1. The van der Waals surface area contributed by atoms with Gasteiger partial charge in [0.25, 0.3) is 0 Å². The first-order valence-electron chi connectivity index (χ1n) is 5.46. The number of anilines is 1. The van der Waals surface area contributed by atoms with E-state index < -0.39 is 0 Å². The molecule has 0 bridgehead atoms. The number of carbonyl (C=O) groups excluding carboxylic acids is 1. The number of carbonyl (C=O) groups is 1. The molecule has 0 heterocycles. The van der Waals surface area contributed by atoms with Crippen molar-refractivity contribution in [1.29, 1.82) is 0 Å². The van der Waals surface area contributed by atoms with Crippen LogP contribution in [0.5, 0.6) is 5.75 Å². The van der Waals surface area contributed by atoms with Crippen molar-refractivity contribution in [3.05, 3.63) is 24.3 Å². The van der Waals surface area contributed by atoms with Crippen molar-refractivity contribution in [2.45, 2.75) is 18.9 Å². The van der Waals surface area contributed by atoms with Gasteiger partial charge in [-0.25, -0.2) is 0 Å². The Kier molecular flexibility index (Phi) is 3.10. The van der Waals surface area contributed by atoms with E-state index in [2.05, 4.69) is 5.32 Å². The molecule has 1 aromatic carbocycles. The van der Waals surface area contributed by atoms with Crippen LogP contribution in [0.2, 0.25) is 0 Å². The maximum atomic E-state index is 11.8. The minimum Gasteiger partial charge on any atom is -0.508 e. The molecule has 1 amide bonds. The molecule has 86 valence electrons. The van der Waals surface area contributed by atoms with E-state index in [1.54, 1.807) is 36.2 Å². The van der Waals surface area contributed by atoms with Crippen LogP contribution in [0.3, 0.4) is 0 Å². The molecule has 0 aliphatic heterocycles. The lowest BCUT2D eigenvalue weighted by molar-refractivity contribution is -0.117. The highest BCUT2D eigenvalue weighted by Crippen LogP contribution is 2.20. The molecule has 0 spiro atoms. The minimum atomic E-state index is 0.0116. The van der Waals surface area contributed by atoms with E-state index in [1.807, 2.05) is 0 Å². The Hall–Kier alpha value is -1.55. The third-order valence-corrected chi connectivity index (χ3v) is 2.71. The molecule has 0 radical (unpaired) electrons. The summed E-state index contributed by atoms with van der Waals surface area (Å²) in [6.07, 6.45) is 2.34. The van der Waals surface area contributed by atoms with E-state index in [-0.39, 0.29) is 11.7 Å². The number of phenolic OH excluding ortho intramolecular Hbond substituents is 1. The lowest BCUT2D eigenvalue weighted by Gasteiger charge is -2.17. The van der Waals surface area contributed by atoms with Gasteiger partial charge >= 0.3 is 0 Å². The normalized spacial score (nSPS) is 14.8. The van der Waals surface area contributed by atoms with E-state index in [0.29, 0.717) is 18.3 Å². The van der Waals surface area contributed by atoms with E-state index >= 15 is 0 Å². The average molecular weight is 220 g/mol. The number of likely N-dealkylation sites (N-methyl/N-ethyl adjacent to an activating group) is 1. The lowest BCUT2D eigenvalue weighted by atomic mass is 10.3. The SMILES string of the molecule is CN(C(=O)CNC1CC1)c1cccc(O)c1. The Bertz CT molecular complexity index is 388. The Morgan fingerprint density at radius 3 is 2.94 bits per heavy atom. The highest BCUT2D eigenvalue weighted by atomic mass is 16.3. The van der Waals surface area contributed by atoms with Crippen molar-refractivity contribution in [3.63, 3.8) is 0 Å². The van der Waals surface area contributed by atoms with Gasteiger partial charge in [0, 0.05) is 24.8 Å². The van der Waals surface area contributed by atoms with Crippen LogP contribution in [0, 0.1) is 0 Å². The minimum absolute atomic E-state index is 0.0116. The van der Waals surface area contributed by atoms with E-state index in [1.165, 1.54) is 12.8 Å². The number of rotatable bonds is 4. The van der Waals surface area contributed by atoms with Crippen LogP contribution >= 0.6 is 0 Å². The van der Waals surface area contributed by atoms with Gasteiger partial charge in [-0.3, -0.25) is 4.79 Å². The predicted octanol–water partition coefficient (Wildman–Crippen LogP) is 1.11. The third kappa shape index (κ3) is 2.73. The van der Waals surface area contributed by atoms with Crippen molar-refractivity contribution in [3.8, 4) is 5.75 Å². The molecule has 1 aliphatic carbocycles. The van der Waals surface area contributed by atoms with E-state index in [4.69, 9.17) is 0 Å². The second kappa shape index (κ2) is 4.53. The highest BCUT2D eigenvalue weighted by molar-refractivity contribution is 5.94. The summed E-state index contributed by atoms with van der Waals surface area (Å²) in [5, 5.41) is 12.5. The van der Waals surface area contributed by atoms with Crippen molar-refractivity contribution in [2.75, 3.05) is 18.5 Å². The summed E-state index contributed by atoms with van der Waals surface area (Å²) in [5.41, 5.74) is 0.711. The van der Waals surface area contributed by atoms with Crippen molar-refractivity contribution in [2.24, 2.45) is 0 Å². The smallest absolute Gasteiger partial charge is 0.240 e. The zero-order chi connectivity index (χ0) is 11.5. The predicted molar refractivity (Wildman–Crippen MR) is 62.5 cm³/mol. The molecular weight excluding hydrogens is 204 g/mol. The van der Waals surface area contributed by atoms with Crippen molar-refractivity contribution < 1.29 is 9.90 Å². The van der Waals surface area contributed by atoms with Gasteiger partial charge < -0.3 is 15.3 Å². The van der Waals surface area contributed by atoms with E-state index in [0.717, 1.165) is 0 Å². The number of nitrogens with one attached hydrogen (secondary N) is 1. The quantitative estimate of drug-likeness (QED) is 0.799. The number of phenols is 1. The average Bonchev–Trinajstić information content (AvgIpc) is 3.08. The molecular formula is C12H16N2O2. The van der Waals surface area contributed by atoms with Gasteiger partial charge in [0.05, 0.1) is 6.54 Å². The monoisotopic (exact) mass is 220 g/mol. The lowest BCUT2D eigenvalue weighted by Crippen LogP contribution is -2.36. The first kappa shape index (κ1) is 11.0. The molecule has 1 fully saturated rings. The summed E-state index contributed by atoms with van der Waals surface area (Å²) < 4.78 is 0. The summed E-state index contributed by atoms with van der Waals surface area (Å²) in [6.45, 7) is 0.358. The Morgan fingerprint density at radius 1 is 1.56 bits per heavy atom. The van der Waals surface area contributed by atoms with Gasteiger partial charge in [0.1, 0.15) is 5.75 Å². The van der Waals surface area contributed by atoms with Gasteiger partial charge in [-0.2, -0.15) is 0 Å². The van der Waals surface area contributed by atoms with Crippen LogP contribution in [0.25, 0.3) is 0 Å². The standard InChI is InChI=1S/C12H16N2O2/c1-14(10-3-2-4-11(15)7-10)12(16)8-13-9-5-6-9/h2-4,7,9,13,15H,5-6,8H2,1H3. The van der Waals surface area contributed by atoms with Crippen LogP contribution in [-0.2, 0) is 4.79 Å². The molecule has 0 atom stereocenters. The molecule has 0 unspecified atom stereocenters. The number of hydrogen-bond donors (Lipinski definition) is 2.